The summed E-state index contributed by atoms with van der Waals surface area (Å²) in [5.74, 6) is 0.0965. The van der Waals surface area contributed by atoms with Gasteiger partial charge in [-0.2, -0.15) is 4.98 Å². The molecule has 4 nitrogen and oxygen atoms in total. The quantitative estimate of drug-likeness (QED) is 0.421. The SMILES string of the molecule is C=CC(CCCCNc1ccc(F)c(Br)c1)c1noc(C(C)(C)F)n1. The topological polar surface area (TPSA) is 51.0 Å². The molecule has 0 aliphatic rings. The number of unbranched alkanes of at least 4 members (excludes halogenated alkanes) is 1. The minimum atomic E-state index is -1.65. The van der Waals surface area contributed by atoms with Gasteiger partial charge in [-0.05, 0) is 60.8 Å². The van der Waals surface area contributed by atoms with E-state index >= 15 is 0 Å². The Morgan fingerprint density at radius 2 is 2.16 bits per heavy atom. The lowest BCUT2D eigenvalue weighted by Gasteiger charge is -2.10. The molecule has 0 bridgehead atoms. The summed E-state index contributed by atoms with van der Waals surface area (Å²) in [6.07, 6.45) is 4.38. The molecule has 0 spiro atoms. The van der Waals surface area contributed by atoms with Crippen molar-refractivity contribution in [2.24, 2.45) is 0 Å². The molecule has 2 aromatic rings. The highest BCUT2D eigenvalue weighted by Gasteiger charge is 2.28. The molecule has 2 rings (SSSR count). The van der Waals surface area contributed by atoms with Gasteiger partial charge in [-0.1, -0.05) is 17.7 Å². The van der Waals surface area contributed by atoms with Crippen molar-refractivity contribution < 1.29 is 13.3 Å². The first-order chi connectivity index (χ1) is 11.8. The van der Waals surface area contributed by atoms with Crippen molar-refractivity contribution in [1.82, 2.24) is 10.1 Å². The number of hydrogen-bond acceptors (Lipinski definition) is 4. The van der Waals surface area contributed by atoms with E-state index in [4.69, 9.17) is 4.52 Å². The molecule has 0 saturated heterocycles. The van der Waals surface area contributed by atoms with Crippen molar-refractivity contribution >= 4 is 21.6 Å². The minimum Gasteiger partial charge on any atom is -0.385 e. The van der Waals surface area contributed by atoms with Gasteiger partial charge in [-0.3, -0.25) is 0 Å². The van der Waals surface area contributed by atoms with Crippen LogP contribution in [0, 0.1) is 5.82 Å². The number of alkyl halides is 1. The van der Waals surface area contributed by atoms with Crippen molar-refractivity contribution in [3.05, 3.63) is 52.9 Å². The first-order valence-corrected chi connectivity index (χ1v) is 8.95. The summed E-state index contributed by atoms with van der Waals surface area (Å²) in [6.45, 7) is 7.33. The Kier molecular flexibility index (Phi) is 6.70. The minimum absolute atomic E-state index is 0.0158. The maximum atomic E-state index is 13.8. The second-order valence-corrected chi connectivity index (χ2v) is 7.18. The highest BCUT2D eigenvalue weighted by Crippen LogP contribution is 2.26. The van der Waals surface area contributed by atoms with Crippen LogP contribution >= 0.6 is 15.9 Å². The van der Waals surface area contributed by atoms with Crippen LogP contribution in [0.2, 0.25) is 0 Å². The van der Waals surface area contributed by atoms with Gasteiger partial charge < -0.3 is 9.84 Å². The standard InChI is InChI=1S/C18H22BrF2N3O/c1-4-12(16-23-17(25-24-16)18(2,3)21)7-5-6-10-22-13-8-9-15(20)14(19)11-13/h4,8-9,11-12,22H,1,5-7,10H2,2-3H3. The molecule has 0 radical (unpaired) electrons. The van der Waals surface area contributed by atoms with Crippen LogP contribution in [0.3, 0.4) is 0 Å². The lowest BCUT2D eigenvalue weighted by molar-refractivity contribution is 0.155. The number of anilines is 1. The van der Waals surface area contributed by atoms with Gasteiger partial charge in [0.05, 0.1) is 4.47 Å². The summed E-state index contributed by atoms with van der Waals surface area (Å²) < 4.78 is 32.4. The van der Waals surface area contributed by atoms with E-state index in [1.807, 2.05) is 0 Å². The van der Waals surface area contributed by atoms with E-state index in [9.17, 15) is 8.78 Å². The molecule has 7 heteroatoms. The molecule has 1 aromatic carbocycles. The smallest absolute Gasteiger partial charge is 0.263 e. The molecule has 0 aliphatic carbocycles. The van der Waals surface area contributed by atoms with Crippen molar-refractivity contribution in [2.45, 2.75) is 44.7 Å². The van der Waals surface area contributed by atoms with E-state index in [1.165, 1.54) is 19.9 Å². The van der Waals surface area contributed by atoms with Gasteiger partial charge in [0.25, 0.3) is 5.89 Å². The highest BCUT2D eigenvalue weighted by atomic mass is 79.9. The van der Waals surface area contributed by atoms with Crippen LogP contribution in [0.4, 0.5) is 14.5 Å². The maximum Gasteiger partial charge on any atom is 0.263 e. The number of hydrogen-bond donors (Lipinski definition) is 1. The van der Waals surface area contributed by atoms with E-state index in [2.05, 4.69) is 38.0 Å². The lowest BCUT2D eigenvalue weighted by atomic mass is 10.0. The van der Waals surface area contributed by atoms with E-state index < -0.39 is 5.67 Å². The number of aromatic nitrogens is 2. The zero-order chi connectivity index (χ0) is 18.4. The lowest BCUT2D eigenvalue weighted by Crippen LogP contribution is -2.10. The fraction of sp³-hybridized carbons (Fsp3) is 0.444. The highest BCUT2D eigenvalue weighted by molar-refractivity contribution is 9.10. The van der Waals surface area contributed by atoms with E-state index in [0.717, 1.165) is 31.5 Å². The van der Waals surface area contributed by atoms with Gasteiger partial charge in [-0.15, -0.1) is 6.58 Å². The third kappa shape index (κ3) is 5.63. The maximum absolute atomic E-state index is 13.8. The predicted octanol–water partition coefficient (Wildman–Crippen LogP) is 5.73. The van der Waals surface area contributed by atoms with Crippen LogP contribution in [0.5, 0.6) is 0 Å². The van der Waals surface area contributed by atoms with Crippen molar-refractivity contribution in [3.8, 4) is 0 Å². The van der Waals surface area contributed by atoms with Gasteiger partial charge in [-0.25, -0.2) is 8.78 Å². The van der Waals surface area contributed by atoms with E-state index in [1.54, 1.807) is 18.2 Å². The van der Waals surface area contributed by atoms with Crippen LogP contribution in [0.1, 0.15) is 50.7 Å². The molecular weight excluding hydrogens is 392 g/mol. The van der Waals surface area contributed by atoms with Crippen molar-refractivity contribution in [2.75, 3.05) is 11.9 Å². The summed E-state index contributed by atoms with van der Waals surface area (Å²) in [4.78, 5) is 4.14. The average molecular weight is 414 g/mol. The number of nitrogens with zero attached hydrogens (tertiary/aromatic N) is 2. The molecule has 0 amide bonds. The Balaban J connectivity index is 1.78. The fourth-order valence-electron chi connectivity index (χ4n) is 2.31. The molecule has 1 atom stereocenters. The van der Waals surface area contributed by atoms with Crippen LogP contribution in [0.25, 0.3) is 0 Å². The number of benzene rings is 1. The van der Waals surface area contributed by atoms with Crippen LogP contribution in [0.15, 0.2) is 39.8 Å². The van der Waals surface area contributed by atoms with Gasteiger partial charge in [0, 0.05) is 18.2 Å². The molecule has 0 aliphatic heterocycles. The molecule has 1 heterocycles. The third-order valence-electron chi connectivity index (χ3n) is 3.76. The molecule has 1 N–H and O–H groups in total. The second kappa shape index (κ2) is 8.56. The zero-order valence-electron chi connectivity index (χ0n) is 14.4. The second-order valence-electron chi connectivity index (χ2n) is 6.32. The number of halogens is 3. The predicted molar refractivity (Wildman–Crippen MR) is 97.8 cm³/mol. The fourth-order valence-corrected chi connectivity index (χ4v) is 2.69. The summed E-state index contributed by atoms with van der Waals surface area (Å²) in [6, 6.07) is 4.83. The average Bonchev–Trinajstić information content (AvgIpc) is 3.04. The Morgan fingerprint density at radius 3 is 2.76 bits per heavy atom. The Hall–Kier alpha value is -1.76. The van der Waals surface area contributed by atoms with Crippen LogP contribution in [-0.2, 0) is 5.67 Å². The molecule has 136 valence electrons. The molecular formula is C18H22BrF2N3O. The Labute approximate surface area is 154 Å². The van der Waals surface area contributed by atoms with E-state index in [0.29, 0.717) is 10.3 Å². The van der Waals surface area contributed by atoms with Crippen molar-refractivity contribution in [1.29, 1.82) is 0 Å². The first-order valence-electron chi connectivity index (χ1n) is 8.15. The largest absolute Gasteiger partial charge is 0.385 e. The molecule has 0 saturated carbocycles. The van der Waals surface area contributed by atoms with Crippen molar-refractivity contribution in [3.63, 3.8) is 0 Å². The van der Waals surface area contributed by atoms with Gasteiger partial charge in [0.15, 0.2) is 11.5 Å². The number of rotatable bonds is 9. The summed E-state index contributed by atoms with van der Waals surface area (Å²) in [5.41, 5.74) is -0.786. The molecule has 1 unspecified atom stereocenters. The van der Waals surface area contributed by atoms with Crippen LogP contribution in [-0.4, -0.2) is 16.7 Å². The monoisotopic (exact) mass is 413 g/mol. The van der Waals surface area contributed by atoms with Crippen LogP contribution < -0.4 is 5.32 Å². The zero-order valence-corrected chi connectivity index (χ0v) is 15.9. The van der Waals surface area contributed by atoms with E-state index in [-0.39, 0.29) is 17.6 Å². The molecule has 0 fully saturated rings. The summed E-state index contributed by atoms with van der Waals surface area (Å²) >= 11 is 3.16. The normalized spacial score (nSPS) is 12.8. The van der Waals surface area contributed by atoms with Gasteiger partial charge in [0.1, 0.15) is 5.82 Å². The number of allylic oxidation sites excluding steroid dienone is 1. The summed E-state index contributed by atoms with van der Waals surface area (Å²) in [5, 5.41) is 7.11. The van der Waals surface area contributed by atoms with Gasteiger partial charge in [0.2, 0.25) is 0 Å². The summed E-state index contributed by atoms with van der Waals surface area (Å²) in [7, 11) is 0. The third-order valence-corrected chi connectivity index (χ3v) is 4.36. The Bertz CT molecular complexity index is 713. The number of nitrogens with one attached hydrogen (secondary N) is 1. The Morgan fingerprint density at radius 1 is 1.40 bits per heavy atom. The first kappa shape index (κ1) is 19.6. The molecule has 1 aromatic heterocycles. The molecule has 25 heavy (non-hydrogen) atoms. The van der Waals surface area contributed by atoms with Gasteiger partial charge >= 0.3 is 0 Å².